The van der Waals surface area contributed by atoms with Gasteiger partial charge in [-0.2, -0.15) is 0 Å². The first-order chi connectivity index (χ1) is 10.1. The van der Waals surface area contributed by atoms with E-state index in [2.05, 4.69) is 29.8 Å². The molecule has 1 aromatic carbocycles. The fourth-order valence-corrected chi connectivity index (χ4v) is 3.41. The van der Waals surface area contributed by atoms with Gasteiger partial charge >= 0.3 is 0 Å². The lowest BCUT2D eigenvalue weighted by Gasteiger charge is -2.32. The Hall–Kier alpha value is -1.71. The molecule has 1 aliphatic carbocycles. The fourth-order valence-electron chi connectivity index (χ4n) is 3.41. The number of benzene rings is 1. The molecular weight excluding hydrogens is 262 g/mol. The third kappa shape index (κ3) is 2.99. The van der Waals surface area contributed by atoms with Crippen LogP contribution in [0.4, 0.5) is 11.4 Å². The molecule has 0 radical (unpaired) electrons. The number of para-hydroxylation sites is 1. The third-order valence-corrected chi connectivity index (χ3v) is 4.98. The standard InChI is InChI=1S/C17H25N3O/c1-11-6-7-13(10-12(11)2)20-17(21)14-4-3-5-15-16(14)19-9-8-18-15/h3-5,11-13,18-19H,6-10H2,1-2H3,(H,20,21). The van der Waals surface area contributed by atoms with Crippen molar-refractivity contribution < 1.29 is 4.79 Å². The highest BCUT2D eigenvalue weighted by Gasteiger charge is 2.26. The van der Waals surface area contributed by atoms with E-state index in [9.17, 15) is 4.79 Å². The van der Waals surface area contributed by atoms with Gasteiger partial charge in [0.2, 0.25) is 0 Å². The van der Waals surface area contributed by atoms with Crippen LogP contribution in [0.25, 0.3) is 0 Å². The van der Waals surface area contributed by atoms with E-state index in [1.54, 1.807) is 0 Å². The molecule has 1 amide bonds. The van der Waals surface area contributed by atoms with E-state index < -0.39 is 0 Å². The number of amides is 1. The van der Waals surface area contributed by atoms with Gasteiger partial charge in [0.1, 0.15) is 0 Å². The van der Waals surface area contributed by atoms with Crippen LogP contribution in [0.3, 0.4) is 0 Å². The maximum absolute atomic E-state index is 12.6. The second kappa shape index (κ2) is 5.96. The molecule has 1 aliphatic heterocycles. The van der Waals surface area contributed by atoms with Gasteiger partial charge < -0.3 is 16.0 Å². The molecule has 1 heterocycles. The summed E-state index contributed by atoms with van der Waals surface area (Å²) in [5, 5.41) is 9.90. The van der Waals surface area contributed by atoms with Crippen molar-refractivity contribution in [2.24, 2.45) is 11.8 Å². The molecule has 1 saturated carbocycles. The summed E-state index contributed by atoms with van der Waals surface area (Å²) in [7, 11) is 0. The maximum Gasteiger partial charge on any atom is 0.253 e. The van der Waals surface area contributed by atoms with Gasteiger partial charge in [-0.3, -0.25) is 4.79 Å². The summed E-state index contributed by atoms with van der Waals surface area (Å²) < 4.78 is 0. The van der Waals surface area contributed by atoms with Crippen LogP contribution in [0.5, 0.6) is 0 Å². The van der Waals surface area contributed by atoms with Gasteiger partial charge in [0.05, 0.1) is 16.9 Å². The molecule has 3 atom stereocenters. The number of anilines is 2. The topological polar surface area (TPSA) is 53.2 Å². The van der Waals surface area contributed by atoms with Crippen molar-refractivity contribution in [3.63, 3.8) is 0 Å². The van der Waals surface area contributed by atoms with Crippen LogP contribution < -0.4 is 16.0 Å². The zero-order chi connectivity index (χ0) is 14.8. The molecule has 3 unspecified atom stereocenters. The molecule has 114 valence electrons. The van der Waals surface area contributed by atoms with Crippen molar-refractivity contribution in [1.82, 2.24) is 5.32 Å². The first kappa shape index (κ1) is 14.2. The average molecular weight is 287 g/mol. The summed E-state index contributed by atoms with van der Waals surface area (Å²) in [4.78, 5) is 12.6. The van der Waals surface area contributed by atoms with Crippen molar-refractivity contribution in [3.05, 3.63) is 23.8 Å². The highest BCUT2D eigenvalue weighted by Crippen LogP contribution is 2.31. The molecule has 21 heavy (non-hydrogen) atoms. The Balaban J connectivity index is 1.71. The van der Waals surface area contributed by atoms with E-state index in [-0.39, 0.29) is 5.91 Å². The Morgan fingerprint density at radius 2 is 1.95 bits per heavy atom. The molecule has 0 saturated heterocycles. The summed E-state index contributed by atoms with van der Waals surface area (Å²) in [6, 6.07) is 6.18. The number of fused-ring (bicyclic) bond motifs is 1. The van der Waals surface area contributed by atoms with Crippen molar-refractivity contribution in [3.8, 4) is 0 Å². The first-order valence-electron chi connectivity index (χ1n) is 8.06. The quantitative estimate of drug-likeness (QED) is 0.783. The van der Waals surface area contributed by atoms with E-state index in [1.165, 1.54) is 6.42 Å². The third-order valence-electron chi connectivity index (χ3n) is 4.98. The SMILES string of the molecule is CC1CCC(NC(=O)c2cccc3c2NCCN3)CC1C. The summed E-state index contributed by atoms with van der Waals surface area (Å²) in [6.07, 6.45) is 3.39. The molecule has 3 rings (SSSR count). The number of nitrogens with one attached hydrogen (secondary N) is 3. The second-order valence-corrected chi connectivity index (χ2v) is 6.52. The molecule has 3 N–H and O–H groups in total. The largest absolute Gasteiger partial charge is 0.382 e. The number of hydrogen-bond acceptors (Lipinski definition) is 3. The van der Waals surface area contributed by atoms with Crippen molar-refractivity contribution >= 4 is 17.3 Å². The van der Waals surface area contributed by atoms with E-state index in [0.29, 0.717) is 12.0 Å². The number of hydrogen-bond donors (Lipinski definition) is 3. The molecule has 2 aliphatic rings. The summed E-state index contributed by atoms with van der Waals surface area (Å²) in [6.45, 7) is 6.36. The Kier molecular flexibility index (Phi) is 4.04. The summed E-state index contributed by atoms with van der Waals surface area (Å²) in [5.74, 6) is 1.51. The van der Waals surface area contributed by atoms with Crippen LogP contribution in [-0.4, -0.2) is 25.0 Å². The predicted molar refractivity (Wildman–Crippen MR) is 86.9 cm³/mol. The summed E-state index contributed by atoms with van der Waals surface area (Å²) in [5.41, 5.74) is 2.73. The lowest BCUT2D eigenvalue weighted by Crippen LogP contribution is -2.40. The van der Waals surface area contributed by atoms with Crippen LogP contribution in [0.2, 0.25) is 0 Å². The molecule has 4 heteroatoms. The van der Waals surface area contributed by atoms with Crippen LogP contribution in [-0.2, 0) is 0 Å². The lowest BCUT2D eigenvalue weighted by molar-refractivity contribution is 0.0911. The highest BCUT2D eigenvalue weighted by atomic mass is 16.1. The smallest absolute Gasteiger partial charge is 0.253 e. The van der Waals surface area contributed by atoms with Gasteiger partial charge in [-0.15, -0.1) is 0 Å². The Bertz CT molecular complexity index is 529. The van der Waals surface area contributed by atoms with Gasteiger partial charge in [-0.1, -0.05) is 19.9 Å². The molecular formula is C17H25N3O. The van der Waals surface area contributed by atoms with Gasteiger partial charge in [-0.25, -0.2) is 0 Å². The Labute approximate surface area is 126 Å². The van der Waals surface area contributed by atoms with E-state index in [0.717, 1.165) is 48.8 Å². The maximum atomic E-state index is 12.6. The van der Waals surface area contributed by atoms with Crippen molar-refractivity contribution in [2.45, 2.75) is 39.2 Å². The van der Waals surface area contributed by atoms with E-state index >= 15 is 0 Å². The minimum Gasteiger partial charge on any atom is -0.382 e. The highest BCUT2D eigenvalue weighted by molar-refractivity contribution is 6.02. The van der Waals surface area contributed by atoms with Crippen LogP contribution in [0, 0.1) is 11.8 Å². The number of carbonyl (C=O) groups excluding carboxylic acids is 1. The number of carbonyl (C=O) groups is 1. The Morgan fingerprint density at radius 1 is 1.14 bits per heavy atom. The van der Waals surface area contributed by atoms with Crippen LogP contribution in [0.1, 0.15) is 43.5 Å². The molecule has 1 fully saturated rings. The minimum absolute atomic E-state index is 0.0507. The molecule has 0 spiro atoms. The molecule has 1 aromatic rings. The monoisotopic (exact) mass is 287 g/mol. The number of rotatable bonds is 2. The molecule has 0 aromatic heterocycles. The van der Waals surface area contributed by atoms with E-state index in [1.807, 2.05) is 18.2 Å². The average Bonchev–Trinajstić information content (AvgIpc) is 2.50. The minimum atomic E-state index is 0.0507. The lowest BCUT2D eigenvalue weighted by atomic mass is 9.79. The molecule has 4 nitrogen and oxygen atoms in total. The fraction of sp³-hybridized carbons (Fsp3) is 0.588. The van der Waals surface area contributed by atoms with Crippen LogP contribution >= 0.6 is 0 Å². The first-order valence-corrected chi connectivity index (χ1v) is 8.06. The summed E-state index contributed by atoms with van der Waals surface area (Å²) >= 11 is 0. The normalized spacial score (nSPS) is 28.0. The van der Waals surface area contributed by atoms with E-state index in [4.69, 9.17) is 0 Å². The van der Waals surface area contributed by atoms with Gasteiger partial charge in [-0.05, 0) is 43.2 Å². The van der Waals surface area contributed by atoms with Gasteiger partial charge in [0.15, 0.2) is 0 Å². The Morgan fingerprint density at radius 3 is 2.76 bits per heavy atom. The van der Waals surface area contributed by atoms with Gasteiger partial charge in [0.25, 0.3) is 5.91 Å². The second-order valence-electron chi connectivity index (χ2n) is 6.52. The van der Waals surface area contributed by atoms with Gasteiger partial charge in [0, 0.05) is 19.1 Å². The predicted octanol–water partition coefficient (Wildman–Crippen LogP) is 3.08. The van der Waals surface area contributed by atoms with Crippen LogP contribution in [0.15, 0.2) is 18.2 Å². The molecule has 0 bridgehead atoms. The van der Waals surface area contributed by atoms with Crippen molar-refractivity contribution in [1.29, 1.82) is 0 Å². The zero-order valence-electron chi connectivity index (χ0n) is 12.9. The zero-order valence-corrected chi connectivity index (χ0v) is 12.9. The van der Waals surface area contributed by atoms with Crippen molar-refractivity contribution in [2.75, 3.05) is 23.7 Å².